The summed E-state index contributed by atoms with van der Waals surface area (Å²) in [6, 6.07) is 0. The Morgan fingerprint density at radius 2 is 1.74 bits per heavy atom. The molecule has 0 heterocycles. The molecule has 0 radical (unpaired) electrons. The molecule has 110 valence electrons. The lowest BCUT2D eigenvalue weighted by atomic mass is 10.1. The molecule has 0 unspecified atom stereocenters. The molecule has 0 aliphatic carbocycles. The van der Waals surface area contributed by atoms with Crippen LogP contribution in [-0.4, -0.2) is 29.6 Å². The van der Waals surface area contributed by atoms with Gasteiger partial charge in [0.2, 0.25) is 0 Å². The van der Waals surface area contributed by atoms with Gasteiger partial charge in [-0.1, -0.05) is 13.5 Å². The van der Waals surface area contributed by atoms with E-state index in [4.69, 9.17) is 0 Å². The topological polar surface area (TPSA) is 52.6 Å². The molecule has 0 aliphatic rings. The third-order valence-electron chi connectivity index (χ3n) is 2.04. The third kappa shape index (κ3) is 5.36. The Labute approximate surface area is 111 Å². The summed E-state index contributed by atoms with van der Waals surface area (Å²) in [5.41, 5.74) is -1.06. The monoisotopic (exact) mass is 278 g/mol. The molecule has 6 heteroatoms. The first kappa shape index (κ1) is 17.5. The van der Waals surface area contributed by atoms with Gasteiger partial charge in [0.15, 0.2) is 6.10 Å². The summed E-state index contributed by atoms with van der Waals surface area (Å²) in [6.07, 6.45) is -2.09. The summed E-state index contributed by atoms with van der Waals surface area (Å²) < 4.78 is 36.9. The van der Waals surface area contributed by atoms with Crippen LogP contribution >= 0.6 is 0 Å². The number of halogens is 2. The summed E-state index contributed by atoms with van der Waals surface area (Å²) in [6.45, 7) is 10.4. The number of carbonyl (C=O) groups excluding carboxylic acids is 2. The summed E-state index contributed by atoms with van der Waals surface area (Å²) in [5, 5.41) is 0. The van der Waals surface area contributed by atoms with E-state index in [1.54, 1.807) is 0 Å². The second kappa shape index (κ2) is 6.12. The molecule has 0 aromatic heterocycles. The van der Waals surface area contributed by atoms with Gasteiger partial charge in [0.1, 0.15) is 5.60 Å². The number of rotatable bonds is 5. The van der Waals surface area contributed by atoms with Crippen LogP contribution in [-0.2, 0) is 19.1 Å². The molecule has 0 aromatic rings. The molecular weight excluding hydrogens is 258 g/mol. The van der Waals surface area contributed by atoms with Crippen molar-refractivity contribution >= 4 is 11.9 Å². The standard InChI is InChI=1S/C13H20F2O4/c1-7-9(18-10(16)8(2)3)13(14,15)11(17)19-12(4,5)6/h9H,2,7H2,1,3-6H3/t9-/m0/s1. The number of esters is 2. The quantitative estimate of drug-likeness (QED) is 0.573. The normalized spacial score (nSPS) is 13.6. The highest BCUT2D eigenvalue weighted by molar-refractivity contribution is 5.87. The van der Waals surface area contributed by atoms with Gasteiger partial charge in [-0.25, -0.2) is 9.59 Å². The maximum absolute atomic E-state index is 13.9. The highest BCUT2D eigenvalue weighted by Gasteiger charge is 2.51. The van der Waals surface area contributed by atoms with Gasteiger partial charge in [-0.15, -0.1) is 0 Å². The van der Waals surface area contributed by atoms with Crippen LogP contribution in [0.4, 0.5) is 8.78 Å². The lowest BCUT2D eigenvalue weighted by Crippen LogP contribution is -2.47. The van der Waals surface area contributed by atoms with Crippen LogP contribution in [0, 0.1) is 0 Å². The highest BCUT2D eigenvalue weighted by atomic mass is 19.3. The Morgan fingerprint density at radius 1 is 1.26 bits per heavy atom. The van der Waals surface area contributed by atoms with Crippen molar-refractivity contribution in [1.82, 2.24) is 0 Å². The van der Waals surface area contributed by atoms with Crippen LogP contribution in [0.2, 0.25) is 0 Å². The van der Waals surface area contributed by atoms with E-state index in [-0.39, 0.29) is 12.0 Å². The molecule has 0 rings (SSSR count). The maximum Gasteiger partial charge on any atom is 0.381 e. The number of ether oxygens (including phenoxy) is 2. The molecule has 0 bridgehead atoms. The molecule has 0 aliphatic heterocycles. The van der Waals surface area contributed by atoms with Gasteiger partial charge in [0, 0.05) is 5.57 Å². The Morgan fingerprint density at radius 3 is 2.05 bits per heavy atom. The molecule has 4 nitrogen and oxygen atoms in total. The Kier molecular flexibility index (Phi) is 5.65. The smallest absolute Gasteiger partial charge is 0.381 e. The molecule has 0 saturated heterocycles. The van der Waals surface area contributed by atoms with Crippen molar-refractivity contribution in [3.05, 3.63) is 12.2 Å². The maximum atomic E-state index is 13.9. The molecule has 0 spiro atoms. The van der Waals surface area contributed by atoms with Crippen molar-refractivity contribution in [1.29, 1.82) is 0 Å². The Bertz CT molecular complexity index is 369. The Balaban J connectivity index is 4.97. The molecule has 0 N–H and O–H groups in total. The second-order valence-electron chi connectivity index (χ2n) is 5.21. The summed E-state index contributed by atoms with van der Waals surface area (Å²) in [5.74, 6) is -6.57. The van der Waals surface area contributed by atoms with E-state index < -0.39 is 29.6 Å². The first-order chi connectivity index (χ1) is 8.41. The summed E-state index contributed by atoms with van der Waals surface area (Å²) >= 11 is 0. The van der Waals surface area contributed by atoms with Gasteiger partial charge in [-0.2, -0.15) is 8.78 Å². The predicted octanol–water partition coefficient (Wildman–Crippen LogP) is 2.86. The lowest BCUT2D eigenvalue weighted by Gasteiger charge is -2.28. The first-order valence-electron chi connectivity index (χ1n) is 5.89. The van der Waals surface area contributed by atoms with Gasteiger partial charge in [-0.3, -0.25) is 0 Å². The van der Waals surface area contributed by atoms with Crippen molar-refractivity contribution in [2.45, 2.75) is 58.7 Å². The van der Waals surface area contributed by atoms with E-state index in [9.17, 15) is 18.4 Å². The predicted molar refractivity (Wildman–Crippen MR) is 65.8 cm³/mol. The molecule has 0 amide bonds. The van der Waals surface area contributed by atoms with Crippen molar-refractivity contribution in [3.63, 3.8) is 0 Å². The SMILES string of the molecule is C=C(C)C(=O)O[C@@H](CC)C(F)(F)C(=O)OC(C)(C)C. The third-order valence-corrected chi connectivity index (χ3v) is 2.04. The molecule has 19 heavy (non-hydrogen) atoms. The van der Waals surface area contributed by atoms with Crippen LogP contribution in [0.15, 0.2) is 12.2 Å². The number of carbonyl (C=O) groups is 2. The summed E-state index contributed by atoms with van der Waals surface area (Å²) in [4.78, 5) is 22.7. The van der Waals surface area contributed by atoms with E-state index in [0.29, 0.717) is 0 Å². The van der Waals surface area contributed by atoms with Crippen molar-refractivity contribution in [2.24, 2.45) is 0 Å². The average molecular weight is 278 g/mol. The van der Waals surface area contributed by atoms with Gasteiger partial charge >= 0.3 is 17.9 Å². The van der Waals surface area contributed by atoms with Crippen LogP contribution < -0.4 is 0 Å². The van der Waals surface area contributed by atoms with Gasteiger partial charge < -0.3 is 9.47 Å². The zero-order chi connectivity index (χ0) is 15.4. The zero-order valence-electron chi connectivity index (χ0n) is 11.9. The highest BCUT2D eigenvalue weighted by Crippen LogP contribution is 2.28. The summed E-state index contributed by atoms with van der Waals surface area (Å²) in [7, 11) is 0. The number of alkyl halides is 2. The second-order valence-corrected chi connectivity index (χ2v) is 5.21. The molecule has 0 fully saturated rings. The number of hydrogen-bond acceptors (Lipinski definition) is 4. The van der Waals surface area contributed by atoms with E-state index in [1.165, 1.54) is 34.6 Å². The van der Waals surface area contributed by atoms with Crippen LogP contribution in [0.1, 0.15) is 41.0 Å². The zero-order valence-corrected chi connectivity index (χ0v) is 11.9. The van der Waals surface area contributed by atoms with Gasteiger partial charge in [-0.05, 0) is 34.1 Å². The van der Waals surface area contributed by atoms with Gasteiger partial charge in [0.25, 0.3) is 0 Å². The Hall–Kier alpha value is -1.46. The minimum Gasteiger partial charge on any atom is -0.455 e. The molecule has 1 atom stereocenters. The molecule has 0 aromatic carbocycles. The lowest BCUT2D eigenvalue weighted by molar-refractivity contribution is -0.205. The van der Waals surface area contributed by atoms with E-state index in [2.05, 4.69) is 16.1 Å². The fourth-order valence-electron chi connectivity index (χ4n) is 1.12. The molecular formula is C13H20F2O4. The number of hydrogen-bond donors (Lipinski definition) is 0. The first-order valence-corrected chi connectivity index (χ1v) is 5.89. The van der Waals surface area contributed by atoms with E-state index >= 15 is 0 Å². The largest absolute Gasteiger partial charge is 0.455 e. The van der Waals surface area contributed by atoms with Crippen LogP contribution in [0.5, 0.6) is 0 Å². The average Bonchev–Trinajstić information content (AvgIpc) is 2.22. The minimum absolute atomic E-state index is 0.0153. The van der Waals surface area contributed by atoms with Crippen LogP contribution in [0.25, 0.3) is 0 Å². The van der Waals surface area contributed by atoms with E-state index in [0.717, 1.165) is 0 Å². The van der Waals surface area contributed by atoms with E-state index in [1.807, 2.05) is 0 Å². The molecule has 0 saturated carbocycles. The van der Waals surface area contributed by atoms with Crippen molar-refractivity contribution in [2.75, 3.05) is 0 Å². The fourth-order valence-corrected chi connectivity index (χ4v) is 1.12. The minimum atomic E-state index is -3.90. The van der Waals surface area contributed by atoms with Crippen LogP contribution in [0.3, 0.4) is 0 Å². The van der Waals surface area contributed by atoms with Crippen molar-refractivity contribution < 1.29 is 27.8 Å². The van der Waals surface area contributed by atoms with Crippen molar-refractivity contribution in [3.8, 4) is 0 Å². The fraction of sp³-hybridized carbons (Fsp3) is 0.692. The van der Waals surface area contributed by atoms with Gasteiger partial charge in [0.05, 0.1) is 0 Å².